The molecule has 0 aliphatic carbocycles. The van der Waals surface area contributed by atoms with Crippen LogP contribution < -0.4 is 0 Å². The van der Waals surface area contributed by atoms with Gasteiger partial charge in [0.25, 0.3) is 0 Å². The Kier molecular flexibility index (Phi) is 7.12. The molecule has 0 saturated heterocycles. The number of benzene rings is 5. The van der Waals surface area contributed by atoms with Crippen molar-refractivity contribution in [3.05, 3.63) is 152 Å². The van der Waals surface area contributed by atoms with Gasteiger partial charge in [0.05, 0.1) is 0 Å². The van der Waals surface area contributed by atoms with E-state index in [-0.39, 0.29) is 20.1 Å². The SMILES string of the molecule is [2H][2H].[Ir].[c-]1ccc(-c2cccc(-c3cc(-c4ccccc4)cc(-c4ccccc4)c3)c2)cc1-c1ccccn1. The quantitative estimate of drug-likeness (QED) is 0.169. The number of pyridine rings is 1. The summed E-state index contributed by atoms with van der Waals surface area (Å²) in [4.78, 5) is 4.49. The van der Waals surface area contributed by atoms with Crippen LogP contribution in [-0.2, 0) is 20.1 Å². The van der Waals surface area contributed by atoms with Gasteiger partial charge in [-0.1, -0.05) is 91.0 Å². The summed E-state index contributed by atoms with van der Waals surface area (Å²) in [6.45, 7) is 0. The second kappa shape index (κ2) is 11.3. The molecule has 1 heterocycles. The average molecular weight is 655 g/mol. The van der Waals surface area contributed by atoms with Crippen molar-refractivity contribution in [2.75, 3.05) is 0 Å². The largest absolute Gasteiger partial charge is 0.305 e. The molecule has 6 rings (SSSR count). The fourth-order valence-electron chi connectivity index (χ4n) is 4.58. The number of hydrogen-bond donors (Lipinski definition) is 0. The van der Waals surface area contributed by atoms with E-state index in [4.69, 9.17) is 2.97 Å². The van der Waals surface area contributed by atoms with Crippen LogP contribution in [0.5, 0.6) is 0 Å². The van der Waals surface area contributed by atoms with Gasteiger partial charge in [-0.15, -0.1) is 35.4 Å². The molecule has 0 N–H and O–H groups in total. The first-order valence-corrected chi connectivity index (χ1v) is 12.1. The van der Waals surface area contributed by atoms with E-state index in [1.54, 1.807) is 0 Å². The van der Waals surface area contributed by atoms with Gasteiger partial charge in [-0.3, -0.25) is 0 Å². The van der Waals surface area contributed by atoms with Crippen molar-refractivity contribution >= 4 is 0 Å². The summed E-state index contributed by atoms with van der Waals surface area (Å²) in [6.07, 6.45) is 1.82. The van der Waals surface area contributed by atoms with Gasteiger partial charge in [0.1, 0.15) is 0 Å². The molecule has 6 aromatic rings. The van der Waals surface area contributed by atoms with Crippen LogP contribution in [0.4, 0.5) is 0 Å². The van der Waals surface area contributed by atoms with Crippen molar-refractivity contribution in [1.29, 1.82) is 0 Å². The number of aromatic nitrogens is 1. The molecule has 181 valence electrons. The summed E-state index contributed by atoms with van der Waals surface area (Å²) in [5.74, 6) is 0. The van der Waals surface area contributed by atoms with Crippen LogP contribution in [0.3, 0.4) is 0 Å². The van der Waals surface area contributed by atoms with E-state index in [1.807, 2.05) is 30.5 Å². The molecule has 0 saturated carbocycles. The first-order chi connectivity index (χ1) is 18.8. The van der Waals surface area contributed by atoms with Crippen LogP contribution >= 0.6 is 0 Å². The smallest absolute Gasteiger partial charge is 0.0160 e. The van der Waals surface area contributed by atoms with Crippen molar-refractivity contribution in [3.63, 3.8) is 0 Å². The average Bonchev–Trinajstić information content (AvgIpc) is 3.03. The molecule has 0 aliphatic rings. The number of nitrogens with zero attached hydrogens (tertiary/aromatic N) is 1. The van der Waals surface area contributed by atoms with E-state index in [0.717, 1.165) is 16.8 Å². The molecule has 2 heteroatoms. The summed E-state index contributed by atoms with van der Waals surface area (Å²) < 4.78 is 10.0. The summed E-state index contributed by atoms with van der Waals surface area (Å²) in [7, 11) is 0. The fourth-order valence-corrected chi connectivity index (χ4v) is 4.58. The van der Waals surface area contributed by atoms with Crippen molar-refractivity contribution in [1.82, 2.24) is 4.98 Å². The Labute approximate surface area is 235 Å². The maximum absolute atomic E-state index is 5.00. The van der Waals surface area contributed by atoms with Crippen LogP contribution in [-0.4, -0.2) is 4.98 Å². The second-order valence-electron chi connectivity index (χ2n) is 8.82. The zero-order valence-electron chi connectivity index (χ0n) is 22.1. The van der Waals surface area contributed by atoms with Crippen LogP contribution in [0.1, 0.15) is 2.97 Å². The van der Waals surface area contributed by atoms with Crippen LogP contribution in [0.15, 0.2) is 146 Å². The summed E-state index contributed by atoms with van der Waals surface area (Å²) in [6, 6.07) is 52.4. The molecule has 1 aromatic heterocycles. The van der Waals surface area contributed by atoms with Crippen molar-refractivity contribution in [2.24, 2.45) is 0 Å². The molecule has 0 atom stereocenters. The normalized spacial score (nSPS) is 10.7. The molecule has 5 aromatic carbocycles. The molecule has 1 radical (unpaired) electrons. The predicted molar refractivity (Wildman–Crippen MR) is 152 cm³/mol. The first kappa shape index (κ1) is 23.3. The zero-order valence-corrected chi connectivity index (χ0v) is 22.5. The Morgan fingerprint density at radius 2 is 0.946 bits per heavy atom. The van der Waals surface area contributed by atoms with Crippen molar-refractivity contribution in [2.45, 2.75) is 0 Å². The topological polar surface area (TPSA) is 12.9 Å². The van der Waals surface area contributed by atoms with E-state index in [1.165, 1.54) is 38.9 Å². The summed E-state index contributed by atoms with van der Waals surface area (Å²) in [5.41, 5.74) is 11.5. The summed E-state index contributed by atoms with van der Waals surface area (Å²) in [5, 5.41) is 0. The van der Waals surface area contributed by atoms with Gasteiger partial charge in [-0.05, 0) is 75.0 Å². The Balaban J connectivity index is 0.00000115. The molecule has 0 aliphatic heterocycles. The minimum atomic E-state index is 0. The molecule has 0 bridgehead atoms. The van der Waals surface area contributed by atoms with Crippen LogP contribution in [0.25, 0.3) is 55.8 Å². The van der Waals surface area contributed by atoms with Gasteiger partial charge >= 0.3 is 0 Å². The Bertz CT molecular complexity index is 1560. The van der Waals surface area contributed by atoms with E-state index in [2.05, 4.69) is 126 Å². The molecule has 0 unspecified atom stereocenters. The van der Waals surface area contributed by atoms with E-state index in [9.17, 15) is 0 Å². The van der Waals surface area contributed by atoms with Gasteiger partial charge < -0.3 is 4.98 Å². The minimum Gasteiger partial charge on any atom is -0.305 e. The number of rotatable bonds is 5. The summed E-state index contributed by atoms with van der Waals surface area (Å²) >= 11 is 0. The first-order valence-electron chi connectivity index (χ1n) is 13.1. The third-order valence-corrected chi connectivity index (χ3v) is 6.42. The van der Waals surface area contributed by atoms with Gasteiger partial charge in [0.2, 0.25) is 0 Å². The molecule has 37 heavy (non-hydrogen) atoms. The Hall–Kier alpha value is -4.10. The van der Waals surface area contributed by atoms with Crippen molar-refractivity contribution in [3.8, 4) is 55.8 Å². The maximum atomic E-state index is 5.00. The molecule has 0 spiro atoms. The number of hydrogen-bond acceptors (Lipinski definition) is 1. The molecule has 0 fully saturated rings. The molecule has 1 nitrogen and oxygen atoms in total. The maximum Gasteiger partial charge on any atom is 0.0160 e. The third-order valence-electron chi connectivity index (χ3n) is 6.42. The fraction of sp³-hybridized carbons (Fsp3) is 0. The monoisotopic (exact) mass is 655 g/mol. The Morgan fingerprint density at radius 1 is 0.459 bits per heavy atom. The third kappa shape index (κ3) is 5.52. The van der Waals surface area contributed by atoms with Gasteiger partial charge in [0, 0.05) is 29.3 Å². The van der Waals surface area contributed by atoms with Crippen LogP contribution in [0.2, 0.25) is 0 Å². The molecular weight excluding hydrogens is 627 g/mol. The van der Waals surface area contributed by atoms with E-state index in [0.29, 0.717) is 0 Å². The van der Waals surface area contributed by atoms with Crippen LogP contribution in [0, 0.1) is 6.07 Å². The van der Waals surface area contributed by atoms with Gasteiger partial charge in [0.15, 0.2) is 0 Å². The zero-order chi connectivity index (χ0) is 26.2. The van der Waals surface area contributed by atoms with E-state index >= 15 is 0 Å². The van der Waals surface area contributed by atoms with Crippen molar-refractivity contribution < 1.29 is 23.1 Å². The van der Waals surface area contributed by atoms with E-state index < -0.39 is 0 Å². The Morgan fingerprint density at radius 3 is 1.54 bits per heavy atom. The minimum absolute atomic E-state index is 0. The standard InChI is InChI=1S/C35H24N.Ir.H2/c1-3-11-26(12-4-1)32-23-33(27-13-5-2-6-14-27)25-34(24-32)30-17-9-15-28(21-30)29-16-10-18-31(22-29)35-19-7-8-20-36-35;;/h1-17,19-25H;;1H/q-1;;/i;;1+1D. The molecule has 0 amide bonds. The predicted octanol–water partition coefficient (Wildman–Crippen LogP) is 9.46. The molecular formula is C35H26IrN-. The van der Waals surface area contributed by atoms with Gasteiger partial charge in [-0.2, -0.15) is 0 Å². The second-order valence-corrected chi connectivity index (χ2v) is 8.82. The van der Waals surface area contributed by atoms with Gasteiger partial charge in [-0.25, -0.2) is 0 Å².